The molecule has 0 N–H and O–H groups in total. The number of hydrogen-bond donors (Lipinski definition) is 0. The Balaban J connectivity index is 0.00000135. The lowest BCUT2D eigenvalue weighted by atomic mass is 9.90. The maximum absolute atomic E-state index is 13.0. The molecule has 43 heavy (non-hydrogen) atoms. The predicted octanol–water partition coefficient (Wildman–Crippen LogP) is 4.76. The van der Waals surface area contributed by atoms with Crippen LogP contribution in [0, 0.1) is 24.2 Å². The summed E-state index contributed by atoms with van der Waals surface area (Å²) in [5.74, 6) is 1.21. The number of aromatic nitrogens is 1. The summed E-state index contributed by atoms with van der Waals surface area (Å²) in [6, 6.07) is 21.4. The van der Waals surface area contributed by atoms with E-state index in [4.69, 9.17) is 18.4 Å². The third kappa shape index (κ3) is 9.40. The zero-order valence-corrected chi connectivity index (χ0v) is 25.1. The van der Waals surface area contributed by atoms with E-state index in [1.54, 1.807) is 18.3 Å². The topological polar surface area (TPSA) is 121 Å². The molecule has 0 bridgehead atoms. The van der Waals surface area contributed by atoms with E-state index < -0.39 is 11.6 Å². The highest BCUT2D eigenvalue weighted by molar-refractivity contribution is 7.51. The van der Waals surface area contributed by atoms with Gasteiger partial charge in [-0.25, -0.2) is 0 Å². The number of carbonyl (C=O) groups is 2. The molecule has 0 atom stereocenters. The van der Waals surface area contributed by atoms with Crippen LogP contribution in [0.15, 0.2) is 66.9 Å². The van der Waals surface area contributed by atoms with Crippen molar-refractivity contribution in [2.75, 3.05) is 26.2 Å². The summed E-state index contributed by atoms with van der Waals surface area (Å²) in [5, 5.41) is 8.96. The Morgan fingerprint density at radius 1 is 0.930 bits per heavy atom. The average Bonchev–Trinajstić information content (AvgIpc) is 3.04. The number of aryl methyl sites for hydroxylation is 1. The van der Waals surface area contributed by atoms with Gasteiger partial charge in [0.1, 0.15) is 17.5 Å². The van der Waals surface area contributed by atoms with Crippen LogP contribution in [0.25, 0.3) is 0 Å². The van der Waals surface area contributed by atoms with Crippen LogP contribution < -0.4 is 4.74 Å². The molecule has 2 fully saturated rings. The standard InChI is InChI=1S/C33H36N4O3.O2S/c1-24-2-9-29(10-3-24)40-30-14-18-37(19-15-30)33(39)28-8-11-31(35-22-28)32(38)20-25-12-16-36(17-13-25)23-27-6-4-26(21-34)5-7-27;1-3-2/h2-11,22,25,30H,12-20,23H2,1H3;. The molecule has 2 aliphatic rings. The molecule has 1 amide bonds. The molecule has 224 valence electrons. The zero-order chi connectivity index (χ0) is 30.6. The van der Waals surface area contributed by atoms with Crippen LogP contribution in [0.3, 0.4) is 0 Å². The molecule has 3 heterocycles. The van der Waals surface area contributed by atoms with Crippen LogP contribution in [0.2, 0.25) is 0 Å². The van der Waals surface area contributed by atoms with Crippen LogP contribution >= 0.6 is 0 Å². The van der Waals surface area contributed by atoms with Crippen molar-refractivity contribution in [2.45, 2.75) is 51.7 Å². The summed E-state index contributed by atoms with van der Waals surface area (Å²) in [4.78, 5) is 34.6. The molecule has 0 aliphatic carbocycles. The molecular formula is C33H36N4O5S. The van der Waals surface area contributed by atoms with Crippen molar-refractivity contribution in [3.63, 3.8) is 0 Å². The molecule has 0 spiro atoms. The van der Waals surface area contributed by atoms with Crippen molar-refractivity contribution in [3.8, 4) is 11.8 Å². The molecule has 10 heteroatoms. The van der Waals surface area contributed by atoms with Gasteiger partial charge in [0.25, 0.3) is 5.91 Å². The van der Waals surface area contributed by atoms with Crippen LogP contribution in [0.1, 0.15) is 69.6 Å². The van der Waals surface area contributed by atoms with Crippen LogP contribution in [0.5, 0.6) is 5.75 Å². The second kappa shape index (κ2) is 15.9. The first-order valence-corrected chi connectivity index (χ1v) is 15.2. The third-order valence-electron chi connectivity index (χ3n) is 8.02. The molecule has 2 saturated heterocycles. The Kier molecular flexibility index (Phi) is 11.7. The van der Waals surface area contributed by atoms with Crippen molar-refractivity contribution in [3.05, 3.63) is 94.8 Å². The van der Waals surface area contributed by atoms with Gasteiger partial charge in [0.15, 0.2) is 5.78 Å². The minimum absolute atomic E-state index is 0.0404. The Labute approximate surface area is 256 Å². The molecule has 1 aromatic heterocycles. The number of benzene rings is 2. The fraction of sp³-hybridized carbons (Fsp3) is 0.394. The largest absolute Gasteiger partial charge is 0.490 e. The number of nitriles is 1. The second-order valence-corrected chi connectivity index (χ2v) is 11.2. The fourth-order valence-electron chi connectivity index (χ4n) is 5.51. The van der Waals surface area contributed by atoms with Gasteiger partial charge in [0.2, 0.25) is 0 Å². The van der Waals surface area contributed by atoms with Crippen LogP contribution in [-0.2, 0) is 18.1 Å². The van der Waals surface area contributed by atoms with Gasteiger partial charge in [-0.1, -0.05) is 29.8 Å². The van der Waals surface area contributed by atoms with Gasteiger partial charge in [-0.15, -0.1) is 0 Å². The normalized spacial score (nSPS) is 16.0. The first-order valence-electron chi connectivity index (χ1n) is 14.5. The molecule has 2 aromatic carbocycles. The smallest absolute Gasteiger partial charge is 0.335 e. The maximum Gasteiger partial charge on any atom is 0.335 e. The Bertz CT molecular complexity index is 1430. The molecule has 0 radical (unpaired) electrons. The summed E-state index contributed by atoms with van der Waals surface area (Å²) in [5.41, 5.74) is 4.03. The van der Waals surface area contributed by atoms with Crippen LogP contribution in [0.4, 0.5) is 0 Å². The summed E-state index contributed by atoms with van der Waals surface area (Å²) in [7, 11) is 0. The number of amides is 1. The number of Topliss-reactive ketones (excluding diaryl/α,β-unsaturated/α-hetero) is 1. The predicted molar refractivity (Wildman–Crippen MR) is 162 cm³/mol. The highest BCUT2D eigenvalue weighted by Gasteiger charge is 2.26. The van der Waals surface area contributed by atoms with E-state index in [2.05, 4.69) is 22.9 Å². The van der Waals surface area contributed by atoms with Crippen molar-refractivity contribution in [1.82, 2.24) is 14.8 Å². The number of pyridine rings is 1. The fourth-order valence-corrected chi connectivity index (χ4v) is 5.51. The van der Waals surface area contributed by atoms with Gasteiger partial charge in [-0.05, 0) is 80.7 Å². The monoisotopic (exact) mass is 600 g/mol. The van der Waals surface area contributed by atoms with Gasteiger partial charge >= 0.3 is 11.6 Å². The number of hydrogen-bond acceptors (Lipinski definition) is 8. The summed E-state index contributed by atoms with van der Waals surface area (Å²) < 4.78 is 22.7. The first-order chi connectivity index (χ1) is 20.9. The van der Waals surface area contributed by atoms with Gasteiger partial charge in [0, 0.05) is 45.1 Å². The highest BCUT2D eigenvalue weighted by atomic mass is 32.1. The van der Waals surface area contributed by atoms with E-state index in [1.165, 1.54) is 11.1 Å². The lowest BCUT2D eigenvalue weighted by Crippen LogP contribution is -2.41. The minimum atomic E-state index is -0.750. The number of rotatable bonds is 8. The van der Waals surface area contributed by atoms with E-state index in [0.29, 0.717) is 42.2 Å². The summed E-state index contributed by atoms with van der Waals surface area (Å²) in [6.07, 6.45) is 5.66. The molecular weight excluding hydrogens is 564 g/mol. The average molecular weight is 601 g/mol. The Morgan fingerprint density at radius 3 is 2.16 bits per heavy atom. The van der Waals surface area contributed by atoms with Crippen LogP contribution in [-0.4, -0.2) is 67.2 Å². The van der Waals surface area contributed by atoms with Crippen molar-refractivity contribution in [1.29, 1.82) is 5.26 Å². The lowest BCUT2D eigenvalue weighted by molar-refractivity contribution is 0.0594. The number of carbonyl (C=O) groups excluding carboxylic acids is 2. The highest BCUT2D eigenvalue weighted by Crippen LogP contribution is 2.24. The van der Waals surface area contributed by atoms with Gasteiger partial charge < -0.3 is 9.64 Å². The minimum Gasteiger partial charge on any atom is -0.490 e. The third-order valence-corrected chi connectivity index (χ3v) is 8.02. The quantitative estimate of drug-likeness (QED) is 0.340. The second-order valence-electron chi connectivity index (χ2n) is 11.1. The van der Waals surface area contributed by atoms with E-state index in [-0.39, 0.29) is 17.8 Å². The van der Waals surface area contributed by atoms with E-state index >= 15 is 0 Å². The van der Waals surface area contributed by atoms with Gasteiger partial charge in [0.05, 0.1) is 17.2 Å². The molecule has 2 aliphatic heterocycles. The van der Waals surface area contributed by atoms with Gasteiger partial charge in [-0.2, -0.15) is 13.7 Å². The van der Waals surface area contributed by atoms with Crippen molar-refractivity contribution < 1.29 is 22.7 Å². The first kappa shape index (κ1) is 31.7. The molecule has 5 rings (SSSR count). The van der Waals surface area contributed by atoms with Crippen molar-refractivity contribution in [2.24, 2.45) is 5.92 Å². The molecule has 9 nitrogen and oxygen atoms in total. The van der Waals surface area contributed by atoms with Crippen molar-refractivity contribution >= 4 is 23.3 Å². The number of likely N-dealkylation sites (tertiary alicyclic amines) is 2. The van der Waals surface area contributed by atoms with E-state index in [1.807, 2.05) is 53.4 Å². The van der Waals surface area contributed by atoms with E-state index in [0.717, 1.165) is 51.1 Å². The summed E-state index contributed by atoms with van der Waals surface area (Å²) in [6.45, 7) is 6.09. The zero-order valence-electron chi connectivity index (χ0n) is 24.3. The Morgan fingerprint density at radius 2 is 1.58 bits per heavy atom. The summed E-state index contributed by atoms with van der Waals surface area (Å²) >= 11 is -0.750. The number of piperidine rings is 2. The number of ketones is 1. The van der Waals surface area contributed by atoms with E-state index in [9.17, 15) is 9.59 Å². The maximum atomic E-state index is 13.0. The molecule has 0 saturated carbocycles. The molecule has 0 unspecified atom stereocenters. The molecule has 3 aromatic rings. The van der Waals surface area contributed by atoms with Gasteiger partial charge in [-0.3, -0.25) is 19.5 Å². The number of nitrogens with zero attached hydrogens (tertiary/aromatic N) is 4. The SMILES string of the molecule is Cc1ccc(OC2CCN(C(=O)c3ccc(C(=O)CC4CCN(Cc5ccc(C#N)cc5)CC4)nc3)CC2)cc1.O=S=O. The number of ether oxygens (including phenoxy) is 1. The Hall–Kier alpha value is -4.20. The lowest BCUT2D eigenvalue weighted by Gasteiger charge is -2.32.